The molecule has 6 nitrogen and oxygen atoms in total. The van der Waals surface area contributed by atoms with Gasteiger partial charge in [0.05, 0.1) is 19.9 Å². The molecule has 0 saturated heterocycles. The Morgan fingerprint density at radius 3 is 2.43 bits per heavy atom. The van der Waals surface area contributed by atoms with E-state index in [-0.39, 0.29) is 17.9 Å². The Morgan fingerprint density at radius 2 is 1.91 bits per heavy atom. The molecule has 0 aromatic heterocycles. The zero-order chi connectivity index (χ0) is 17.0. The molecule has 1 aromatic rings. The van der Waals surface area contributed by atoms with Crippen molar-refractivity contribution < 1.29 is 19.1 Å². The van der Waals surface area contributed by atoms with E-state index in [1.807, 2.05) is 13.8 Å². The highest BCUT2D eigenvalue weighted by Crippen LogP contribution is 2.47. The zero-order valence-corrected chi connectivity index (χ0v) is 14.1. The average Bonchev–Trinajstić information content (AvgIpc) is 3.36. The predicted octanol–water partition coefficient (Wildman–Crippen LogP) is 2.34. The lowest BCUT2D eigenvalue weighted by atomic mass is 10.0. The minimum absolute atomic E-state index is 0.0548. The van der Waals surface area contributed by atoms with E-state index in [9.17, 15) is 9.59 Å². The van der Waals surface area contributed by atoms with E-state index < -0.39 is 5.41 Å². The number of ether oxygens (including phenoxy) is 2. The van der Waals surface area contributed by atoms with Crippen molar-refractivity contribution in [1.29, 1.82) is 0 Å². The maximum Gasteiger partial charge on any atom is 0.240 e. The first-order valence-corrected chi connectivity index (χ1v) is 7.81. The van der Waals surface area contributed by atoms with Crippen LogP contribution in [0.5, 0.6) is 11.5 Å². The Labute approximate surface area is 136 Å². The summed E-state index contributed by atoms with van der Waals surface area (Å²) in [4.78, 5) is 25.0. The summed E-state index contributed by atoms with van der Waals surface area (Å²) in [5.41, 5.74) is -0.461. The highest BCUT2D eigenvalue weighted by molar-refractivity contribution is 6.13. The highest BCUT2D eigenvalue weighted by atomic mass is 16.5. The molecule has 2 N–H and O–H groups in total. The molecular formula is C17H24N2O4. The van der Waals surface area contributed by atoms with E-state index in [4.69, 9.17) is 9.47 Å². The van der Waals surface area contributed by atoms with Crippen LogP contribution < -0.4 is 20.1 Å². The summed E-state index contributed by atoms with van der Waals surface area (Å²) in [5, 5.41) is 5.70. The Kier molecular flexibility index (Phi) is 5.13. The van der Waals surface area contributed by atoms with Gasteiger partial charge in [-0.3, -0.25) is 9.59 Å². The number of hydrogen-bond acceptors (Lipinski definition) is 4. The lowest BCUT2D eigenvalue weighted by molar-refractivity contribution is -0.134. The van der Waals surface area contributed by atoms with Gasteiger partial charge in [0.25, 0.3) is 0 Å². The first kappa shape index (κ1) is 17.1. The Balaban J connectivity index is 2.14. The highest BCUT2D eigenvalue weighted by Gasteiger charge is 2.56. The number of benzene rings is 1. The molecule has 0 bridgehead atoms. The SMILES string of the molecule is CCC(C)NC(=O)C1(C(=O)Nc2cc(OC)ccc2OC)CC1. The third-order valence-electron chi connectivity index (χ3n) is 4.26. The molecule has 0 heterocycles. The summed E-state index contributed by atoms with van der Waals surface area (Å²) in [6.45, 7) is 3.92. The number of anilines is 1. The summed E-state index contributed by atoms with van der Waals surface area (Å²) >= 11 is 0. The number of methoxy groups -OCH3 is 2. The third-order valence-corrected chi connectivity index (χ3v) is 4.26. The van der Waals surface area contributed by atoms with Gasteiger partial charge in [0.1, 0.15) is 16.9 Å². The second-order valence-corrected chi connectivity index (χ2v) is 5.89. The molecule has 0 aliphatic heterocycles. The van der Waals surface area contributed by atoms with Gasteiger partial charge >= 0.3 is 0 Å². The first-order chi connectivity index (χ1) is 11.0. The fourth-order valence-corrected chi connectivity index (χ4v) is 2.30. The molecule has 126 valence electrons. The van der Waals surface area contributed by atoms with Crippen LogP contribution in [0.25, 0.3) is 0 Å². The largest absolute Gasteiger partial charge is 0.497 e. The summed E-state index contributed by atoms with van der Waals surface area (Å²) in [6.07, 6.45) is 1.95. The molecule has 1 atom stereocenters. The molecule has 23 heavy (non-hydrogen) atoms. The topological polar surface area (TPSA) is 76.7 Å². The fraction of sp³-hybridized carbons (Fsp3) is 0.529. The van der Waals surface area contributed by atoms with Gasteiger partial charge in [0.2, 0.25) is 11.8 Å². The number of rotatable bonds is 7. The van der Waals surface area contributed by atoms with Crippen LogP contribution in [-0.4, -0.2) is 32.1 Å². The third kappa shape index (κ3) is 3.57. The maximum atomic E-state index is 12.6. The van der Waals surface area contributed by atoms with Crippen LogP contribution in [-0.2, 0) is 9.59 Å². The molecule has 2 amide bonds. The van der Waals surface area contributed by atoms with Crippen molar-refractivity contribution in [2.45, 2.75) is 39.2 Å². The van der Waals surface area contributed by atoms with Gasteiger partial charge in [-0.2, -0.15) is 0 Å². The van der Waals surface area contributed by atoms with Crippen LogP contribution >= 0.6 is 0 Å². The van der Waals surface area contributed by atoms with Gasteiger partial charge in [-0.25, -0.2) is 0 Å². The lowest BCUT2D eigenvalue weighted by Gasteiger charge is -2.19. The van der Waals surface area contributed by atoms with Gasteiger partial charge in [-0.15, -0.1) is 0 Å². The van der Waals surface area contributed by atoms with Gasteiger partial charge < -0.3 is 20.1 Å². The predicted molar refractivity (Wildman–Crippen MR) is 87.7 cm³/mol. The lowest BCUT2D eigenvalue weighted by Crippen LogP contribution is -2.43. The number of hydrogen-bond donors (Lipinski definition) is 2. The molecule has 2 rings (SSSR count). The second kappa shape index (κ2) is 6.89. The molecule has 0 spiro atoms. The van der Waals surface area contributed by atoms with E-state index in [1.165, 1.54) is 7.11 Å². The standard InChI is InChI=1S/C17H24N2O4/c1-5-11(2)18-15(20)17(8-9-17)16(21)19-13-10-12(22-3)6-7-14(13)23-4/h6-7,10-11H,5,8-9H2,1-4H3,(H,18,20)(H,19,21). The van der Waals surface area contributed by atoms with Crippen LogP contribution in [0.15, 0.2) is 18.2 Å². The number of carbonyl (C=O) groups is 2. The van der Waals surface area contributed by atoms with Crippen molar-refractivity contribution in [2.24, 2.45) is 5.41 Å². The molecule has 1 aliphatic carbocycles. The van der Waals surface area contributed by atoms with Crippen LogP contribution in [0.4, 0.5) is 5.69 Å². The minimum Gasteiger partial charge on any atom is -0.497 e. The van der Waals surface area contributed by atoms with Crippen molar-refractivity contribution in [1.82, 2.24) is 5.32 Å². The quantitative estimate of drug-likeness (QED) is 0.756. The zero-order valence-electron chi connectivity index (χ0n) is 14.1. The smallest absolute Gasteiger partial charge is 0.240 e. The summed E-state index contributed by atoms with van der Waals surface area (Å²) in [7, 11) is 3.08. The molecule has 6 heteroatoms. The average molecular weight is 320 g/mol. The summed E-state index contributed by atoms with van der Waals surface area (Å²) in [5.74, 6) is 0.628. The van der Waals surface area contributed by atoms with Crippen LogP contribution in [0.2, 0.25) is 0 Å². The molecule has 0 radical (unpaired) electrons. The Hall–Kier alpha value is -2.24. The molecule has 1 fully saturated rings. The van der Waals surface area contributed by atoms with E-state index in [0.29, 0.717) is 30.0 Å². The second-order valence-electron chi connectivity index (χ2n) is 5.89. The molecule has 1 aromatic carbocycles. The maximum absolute atomic E-state index is 12.6. The van der Waals surface area contributed by atoms with Crippen molar-refractivity contribution >= 4 is 17.5 Å². The molecular weight excluding hydrogens is 296 g/mol. The van der Waals surface area contributed by atoms with Gasteiger partial charge in [-0.1, -0.05) is 6.92 Å². The summed E-state index contributed by atoms with van der Waals surface area (Å²) in [6, 6.07) is 5.20. The van der Waals surface area contributed by atoms with Crippen molar-refractivity contribution in [3.63, 3.8) is 0 Å². The minimum atomic E-state index is -0.961. The van der Waals surface area contributed by atoms with Crippen molar-refractivity contribution in [3.8, 4) is 11.5 Å². The normalized spacial score (nSPS) is 16.2. The monoisotopic (exact) mass is 320 g/mol. The summed E-state index contributed by atoms with van der Waals surface area (Å²) < 4.78 is 10.4. The van der Waals surface area contributed by atoms with Crippen molar-refractivity contribution in [3.05, 3.63) is 18.2 Å². The van der Waals surface area contributed by atoms with Crippen LogP contribution in [0, 0.1) is 5.41 Å². The number of carbonyl (C=O) groups excluding carboxylic acids is 2. The first-order valence-electron chi connectivity index (χ1n) is 7.81. The molecule has 1 unspecified atom stereocenters. The molecule has 1 saturated carbocycles. The molecule has 1 aliphatic rings. The van der Waals surface area contributed by atoms with E-state index >= 15 is 0 Å². The van der Waals surface area contributed by atoms with E-state index in [2.05, 4.69) is 10.6 Å². The van der Waals surface area contributed by atoms with Gasteiger partial charge in [0, 0.05) is 12.1 Å². The van der Waals surface area contributed by atoms with Gasteiger partial charge in [0.15, 0.2) is 0 Å². The van der Waals surface area contributed by atoms with Crippen LogP contribution in [0.3, 0.4) is 0 Å². The van der Waals surface area contributed by atoms with Crippen molar-refractivity contribution in [2.75, 3.05) is 19.5 Å². The van der Waals surface area contributed by atoms with Gasteiger partial charge in [-0.05, 0) is 38.3 Å². The van der Waals surface area contributed by atoms with E-state index in [1.54, 1.807) is 25.3 Å². The van der Waals surface area contributed by atoms with Crippen LogP contribution in [0.1, 0.15) is 33.1 Å². The Morgan fingerprint density at radius 1 is 1.22 bits per heavy atom. The number of nitrogens with one attached hydrogen (secondary N) is 2. The fourth-order valence-electron chi connectivity index (χ4n) is 2.30. The van der Waals surface area contributed by atoms with E-state index in [0.717, 1.165) is 6.42 Å². The Bertz CT molecular complexity index is 596. The number of amides is 2.